The highest BCUT2D eigenvalue weighted by Gasteiger charge is 2.19. The standard InChI is InChI=1S/C22H26N2O2/c1-5-24-20-12-11-18(26-6-2)13-19(20)16(4)21(24)22(25)23-14-17-9-7-15(3)8-10-17/h7-13H,5-6,14H2,1-4H3,(H,23,25). The van der Waals surface area contributed by atoms with Crippen LogP contribution in [0.1, 0.15) is 41.0 Å². The van der Waals surface area contributed by atoms with Crippen LogP contribution in [0.3, 0.4) is 0 Å². The second-order valence-electron chi connectivity index (χ2n) is 6.50. The second-order valence-corrected chi connectivity index (χ2v) is 6.50. The number of benzene rings is 2. The molecular weight excluding hydrogens is 324 g/mol. The fraction of sp³-hybridized carbons (Fsp3) is 0.318. The number of carbonyl (C=O) groups is 1. The molecule has 3 rings (SSSR count). The predicted molar refractivity (Wildman–Crippen MR) is 106 cm³/mol. The van der Waals surface area contributed by atoms with E-state index in [1.807, 2.05) is 44.2 Å². The summed E-state index contributed by atoms with van der Waals surface area (Å²) in [5.41, 5.74) is 5.09. The highest BCUT2D eigenvalue weighted by atomic mass is 16.5. The molecule has 2 aromatic carbocycles. The van der Waals surface area contributed by atoms with Crippen molar-refractivity contribution in [2.24, 2.45) is 0 Å². The zero-order valence-corrected chi connectivity index (χ0v) is 15.9. The minimum atomic E-state index is -0.0425. The highest BCUT2D eigenvalue weighted by Crippen LogP contribution is 2.29. The molecule has 0 aliphatic rings. The van der Waals surface area contributed by atoms with Crippen LogP contribution in [0.5, 0.6) is 5.75 Å². The molecular formula is C22H26N2O2. The number of carbonyl (C=O) groups excluding carboxylic acids is 1. The predicted octanol–water partition coefficient (Wildman–Crippen LogP) is 4.61. The number of fused-ring (bicyclic) bond motifs is 1. The molecule has 0 radical (unpaired) electrons. The van der Waals surface area contributed by atoms with Crippen molar-refractivity contribution < 1.29 is 9.53 Å². The lowest BCUT2D eigenvalue weighted by molar-refractivity contribution is 0.0941. The first kappa shape index (κ1) is 18.1. The molecule has 26 heavy (non-hydrogen) atoms. The van der Waals surface area contributed by atoms with Gasteiger partial charge in [0.1, 0.15) is 11.4 Å². The Kier molecular flexibility index (Phi) is 5.31. The lowest BCUT2D eigenvalue weighted by Gasteiger charge is -2.10. The molecule has 0 bridgehead atoms. The molecule has 3 aromatic rings. The summed E-state index contributed by atoms with van der Waals surface area (Å²) in [7, 11) is 0. The summed E-state index contributed by atoms with van der Waals surface area (Å²) in [6.45, 7) is 9.99. The van der Waals surface area contributed by atoms with E-state index in [9.17, 15) is 4.79 Å². The van der Waals surface area contributed by atoms with Gasteiger partial charge in [-0.05, 0) is 57.0 Å². The summed E-state index contributed by atoms with van der Waals surface area (Å²) in [5.74, 6) is 0.794. The third kappa shape index (κ3) is 3.45. The Balaban J connectivity index is 1.91. The van der Waals surface area contributed by atoms with Gasteiger partial charge in [-0.2, -0.15) is 0 Å². The van der Waals surface area contributed by atoms with Crippen LogP contribution in [0.15, 0.2) is 42.5 Å². The number of nitrogens with one attached hydrogen (secondary N) is 1. The average molecular weight is 350 g/mol. The Labute approximate surface area is 154 Å². The fourth-order valence-electron chi connectivity index (χ4n) is 3.35. The summed E-state index contributed by atoms with van der Waals surface area (Å²) < 4.78 is 7.69. The molecule has 0 aliphatic heterocycles. The summed E-state index contributed by atoms with van der Waals surface area (Å²) in [4.78, 5) is 12.9. The molecule has 0 atom stereocenters. The molecule has 0 fully saturated rings. The number of aryl methyl sites for hydroxylation is 3. The van der Waals surface area contributed by atoms with Gasteiger partial charge in [0.05, 0.1) is 6.61 Å². The molecule has 0 aliphatic carbocycles. The molecule has 4 nitrogen and oxygen atoms in total. The van der Waals surface area contributed by atoms with Crippen LogP contribution in [-0.2, 0) is 13.1 Å². The molecule has 1 aromatic heterocycles. The van der Waals surface area contributed by atoms with E-state index in [1.165, 1.54) is 5.56 Å². The van der Waals surface area contributed by atoms with E-state index in [2.05, 4.69) is 35.9 Å². The van der Waals surface area contributed by atoms with E-state index in [0.717, 1.165) is 40.0 Å². The zero-order chi connectivity index (χ0) is 18.7. The maximum Gasteiger partial charge on any atom is 0.268 e. The third-order valence-corrected chi connectivity index (χ3v) is 4.70. The van der Waals surface area contributed by atoms with Crippen LogP contribution in [-0.4, -0.2) is 17.1 Å². The summed E-state index contributed by atoms with van der Waals surface area (Å²) >= 11 is 0. The number of rotatable bonds is 6. The lowest BCUT2D eigenvalue weighted by atomic mass is 10.1. The maximum absolute atomic E-state index is 12.9. The first-order valence-electron chi connectivity index (χ1n) is 9.14. The van der Waals surface area contributed by atoms with Crippen LogP contribution < -0.4 is 10.1 Å². The van der Waals surface area contributed by atoms with E-state index in [0.29, 0.717) is 13.2 Å². The number of hydrogen-bond donors (Lipinski definition) is 1. The van der Waals surface area contributed by atoms with E-state index >= 15 is 0 Å². The smallest absolute Gasteiger partial charge is 0.268 e. The molecule has 1 heterocycles. The number of ether oxygens (including phenoxy) is 1. The molecule has 0 spiro atoms. The first-order chi connectivity index (χ1) is 12.5. The largest absolute Gasteiger partial charge is 0.494 e. The van der Waals surface area contributed by atoms with Gasteiger partial charge >= 0.3 is 0 Å². The Bertz CT molecular complexity index is 923. The SMILES string of the molecule is CCOc1ccc2c(c1)c(C)c(C(=O)NCc1ccc(C)cc1)n2CC. The number of nitrogens with zero attached hydrogens (tertiary/aromatic N) is 1. The van der Waals surface area contributed by atoms with Gasteiger partial charge in [-0.15, -0.1) is 0 Å². The Hall–Kier alpha value is -2.75. The van der Waals surface area contributed by atoms with Crippen LogP contribution in [0, 0.1) is 13.8 Å². The number of hydrogen-bond acceptors (Lipinski definition) is 2. The van der Waals surface area contributed by atoms with E-state index in [-0.39, 0.29) is 5.91 Å². The lowest BCUT2D eigenvalue weighted by Crippen LogP contribution is -2.26. The number of aromatic nitrogens is 1. The van der Waals surface area contributed by atoms with Gasteiger partial charge in [-0.25, -0.2) is 0 Å². The van der Waals surface area contributed by atoms with Crippen LogP contribution >= 0.6 is 0 Å². The maximum atomic E-state index is 12.9. The topological polar surface area (TPSA) is 43.3 Å². The average Bonchev–Trinajstić information content (AvgIpc) is 2.93. The Morgan fingerprint density at radius 1 is 1.08 bits per heavy atom. The van der Waals surface area contributed by atoms with E-state index < -0.39 is 0 Å². The normalized spacial score (nSPS) is 10.9. The molecule has 1 amide bonds. The number of amides is 1. The molecule has 4 heteroatoms. The summed E-state index contributed by atoms with van der Waals surface area (Å²) in [6, 6.07) is 14.2. The Morgan fingerprint density at radius 2 is 1.81 bits per heavy atom. The van der Waals surface area contributed by atoms with Crippen LogP contribution in [0.2, 0.25) is 0 Å². The van der Waals surface area contributed by atoms with Crippen molar-refractivity contribution in [1.82, 2.24) is 9.88 Å². The van der Waals surface area contributed by atoms with Gasteiger partial charge < -0.3 is 14.6 Å². The van der Waals surface area contributed by atoms with Gasteiger partial charge in [-0.1, -0.05) is 29.8 Å². The summed E-state index contributed by atoms with van der Waals surface area (Å²) in [5, 5.41) is 4.13. The van der Waals surface area contributed by atoms with Crippen molar-refractivity contribution in [3.05, 3.63) is 64.8 Å². The quantitative estimate of drug-likeness (QED) is 0.706. The van der Waals surface area contributed by atoms with Crippen LogP contribution in [0.4, 0.5) is 0 Å². The minimum absolute atomic E-state index is 0.0425. The van der Waals surface area contributed by atoms with Gasteiger partial charge in [0.15, 0.2) is 0 Å². The van der Waals surface area contributed by atoms with Crippen molar-refractivity contribution in [3.63, 3.8) is 0 Å². The van der Waals surface area contributed by atoms with E-state index in [1.54, 1.807) is 0 Å². The molecule has 1 N–H and O–H groups in total. The van der Waals surface area contributed by atoms with Gasteiger partial charge in [0, 0.05) is 24.0 Å². The zero-order valence-electron chi connectivity index (χ0n) is 15.9. The van der Waals surface area contributed by atoms with Gasteiger partial charge in [-0.3, -0.25) is 4.79 Å². The van der Waals surface area contributed by atoms with Gasteiger partial charge in [0.25, 0.3) is 5.91 Å². The van der Waals surface area contributed by atoms with Crippen molar-refractivity contribution in [3.8, 4) is 5.75 Å². The first-order valence-corrected chi connectivity index (χ1v) is 9.14. The highest BCUT2D eigenvalue weighted by molar-refractivity contribution is 6.02. The fourth-order valence-corrected chi connectivity index (χ4v) is 3.35. The molecule has 0 unspecified atom stereocenters. The van der Waals surface area contributed by atoms with Crippen molar-refractivity contribution in [2.45, 2.75) is 40.8 Å². The van der Waals surface area contributed by atoms with E-state index in [4.69, 9.17) is 4.74 Å². The van der Waals surface area contributed by atoms with Gasteiger partial charge in [0.2, 0.25) is 0 Å². The second kappa shape index (κ2) is 7.65. The summed E-state index contributed by atoms with van der Waals surface area (Å²) in [6.07, 6.45) is 0. The van der Waals surface area contributed by atoms with Crippen molar-refractivity contribution in [2.75, 3.05) is 6.61 Å². The monoisotopic (exact) mass is 350 g/mol. The van der Waals surface area contributed by atoms with Crippen molar-refractivity contribution >= 4 is 16.8 Å². The Morgan fingerprint density at radius 3 is 2.46 bits per heavy atom. The minimum Gasteiger partial charge on any atom is -0.494 e. The van der Waals surface area contributed by atoms with Crippen molar-refractivity contribution in [1.29, 1.82) is 0 Å². The van der Waals surface area contributed by atoms with Crippen LogP contribution in [0.25, 0.3) is 10.9 Å². The molecule has 136 valence electrons. The third-order valence-electron chi connectivity index (χ3n) is 4.70. The molecule has 0 saturated heterocycles. The molecule has 0 saturated carbocycles.